The van der Waals surface area contributed by atoms with Gasteiger partial charge in [-0.05, 0) is 43.0 Å². The highest BCUT2D eigenvalue weighted by Gasteiger charge is 2.51. The molecule has 1 aliphatic rings. The average molecular weight is 424 g/mol. The lowest BCUT2D eigenvalue weighted by Crippen LogP contribution is -2.45. The van der Waals surface area contributed by atoms with Crippen LogP contribution in [0.2, 0.25) is 0 Å². The number of aryl methyl sites for hydroxylation is 1. The van der Waals surface area contributed by atoms with Crippen LogP contribution in [-0.2, 0) is 15.1 Å². The van der Waals surface area contributed by atoms with Crippen LogP contribution in [0.25, 0.3) is 0 Å². The van der Waals surface area contributed by atoms with Gasteiger partial charge in [-0.25, -0.2) is 4.79 Å². The van der Waals surface area contributed by atoms with Crippen molar-refractivity contribution in [3.8, 4) is 5.75 Å². The molecule has 0 aliphatic carbocycles. The summed E-state index contributed by atoms with van der Waals surface area (Å²) in [7, 11) is 1.56. The Labute approximate surface area is 182 Å². The van der Waals surface area contributed by atoms with Crippen LogP contribution in [0.5, 0.6) is 5.75 Å². The number of hydrogen-bond acceptors (Lipinski definition) is 4. The molecule has 2 aromatic carbocycles. The zero-order valence-electron chi connectivity index (χ0n) is 18.4. The molecule has 7 heteroatoms. The van der Waals surface area contributed by atoms with E-state index in [1.54, 1.807) is 31.4 Å². The maximum atomic E-state index is 13.3. The molecule has 164 valence electrons. The number of carbonyl (C=O) groups is 3. The zero-order chi connectivity index (χ0) is 22.6. The molecule has 7 nitrogen and oxygen atoms in total. The van der Waals surface area contributed by atoms with E-state index >= 15 is 0 Å². The van der Waals surface area contributed by atoms with Crippen molar-refractivity contribution in [2.45, 2.75) is 45.2 Å². The van der Waals surface area contributed by atoms with E-state index in [9.17, 15) is 14.4 Å². The first-order valence-electron chi connectivity index (χ1n) is 10.5. The van der Waals surface area contributed by atoms with Gasteiger partial charge in [-0.2, -0.15) is 0 Å². The van der Waals surface area contributed by atoms with Crippen LogP contribution >= 0.6 is 0 Å². The van der Waals surface area contributed by atoms with Gasteiger partial charge in [0.2, 0.25) is 5.91 Å². The van der Waals surface area contributed by atoms with Crippen LogP contribution in [0.15, 0.2) is 48.5 Å². The van der Waals surface area contributed by atoms with Crippen LogP contribution in [0, 0.1) is 6.92 Å². The number of hydrogen-bond donors (Lipinski definition) is 2. The summed E-state index contributed by atoms with van der Waals surface area (Å²) in [5.41, 5.74) is 1.59. The van der Waals surface area contributed by atoms with Crippen molar-refractivity contribution in [1.29, 1.82) is 0 Å². The molecule has 1 saturated heterocycles. The molecular weight excluding hydrogens is 394 g/mol. The fourth-order valence-electron chi connectivity index (χ4n) is 3.89. The third kappa shape index (κ3) is 4.40. The topological polar surface area (TPSA) is 87.7 Å². The SMILES string of the molecule is CC[C@@H](NC(=O)CN1C(=O)N[C@@](CC)(c2ccc(OC)cc2)C1=O)c1ccc(C)cc1. The average Bonchev–Trinajstić information content (AvgIpc) is 3.03. The van der Waals surface area contributed by atoms with Crippen molar-refractivity contribution < 1.29 is 19.1 Å². The third-order valence-electron chi connectivity index (χ3n) is 5.81. The van der Waals surface area contributed by atoms with E-state index in [0.29, 0.717) is 24.2 Å². The number of rotatable bonds is 8. The molecule has 3 rings (SSSR count). The van der Waals surface area contributed by atoms with Crippen LogP contribution in [0.4, 0.5) is 4.79 Å². The number of nitrogens with one attached hydrogen (secondary N) is 2. The van der Waals surface area contributed by atoms with Gasteiger partial charge in [-0.15, -0.1) is 0 Å². The fraction of sp³-hybridized carbons (Fsp3) is 0.375. The normalized spacial score (nSPS) is 19.2. The van der Waals surface area contributed by atoms with Crippen molar-refractivity contribution >= 4 is 17.8 Å². The molecule has 0 unspecified atom stereocenters. The van der Waals surface area contributed by atoms with Crippen LogP contribution in [-0.4, -0.2) is 36.4 Å². The van der Waals surface area contributed by atoms with Gasteiger partial charge in [-0.3, -0.25) is 14.5 Å². The first kappa shape index (κ1) is 22.3. The molecule has 2 N–H and O–H groups in total. The standard InChI is InChI=1S/C24H29N3O4/c1-5-20(17-9-7-16(3)8-10-17)25-21(28)15-27-22(29)24(6-2,26-23(27)30)18-11-13-19(31-4)14-12-18/h7-14,20H,5-6,15H2,1-4H3,(H,25,28)(H,26,30)/t20-,24+/m1/s1. The summed E-state index contributed by atoms with van der Waals surface area (Å²) in [5.74, 6) is -0.147. The molecule has 0 bridgehead atoms. The van der Waals surface area contributed by atoms with Gasteiger partial charge < -0.3 is 15.4 Å². The van der Waals surface area contributed by atoms with Crippen LogP contribution < -0.4 is 15.4 Å². The summed E-state index contributed by atoms with van der Waals surface area (Å²) in [6.45, 7) is 5.48. The van der Waals surface area contributed by atoms with Crippen molar-refractivity contribution in [3.05, 3.63) is 65.2 Å². The molecule has 4 amide bonds. The van der Waals surface area contributed by atoms with E-state index in [1.165, 1.54) is 0 Å². The van der Waals surface area contributed by atoms with Crippen molar-refractivity contribution in [1.82, 2.24) is 15.5 Å². The predicted molar refractivity (Wildman–Crippen MR) is 118 cm³/mol. The number of nitrogens with zero attached hydrogens (tertiary/aromatic N) is 1. The maximum absolute atomic E-state index is 13.3. The van der Waals surface area contributed by atoms with Crippen molar-refractivity contribution in [3.63, 3.8) is 0 Å². The Bertz CT molecular complexity index is 956. The minimum absolute atomic E-state index is 0.189. The summed E-state index contributed by atoms with van der Waals surface area (Å²) in [5, 5.41) is 5.74. The molecule has 0 saturated carbocycles. The van der Waals surface area contributed by atoms with Crippen LogP contribution in [0.1, 0.15) is 49.4 Å². The molecule has 0 spiro atoms. The highest BCUT2D eigenvalue weighted by Crippen LogP contribution is 2.33. The van der Waals surface area contributed by atoms with Crippen molar-refractivity contribution in [2.75, 3.05) is 13.7 Å². The molecular formula is C24H29N3O4. The maximum Gasteiger partial charge on any atom is 0.325 e. The zero-order valence-corrected chi connectivity index (χ0v) is 18.4. The Morgan fingerprint density at radius 1 is 1.10 bits per heavy atom. The molecule has 1 fully saturated rings. The number of imide groups is 1. The Hall–Kier alpha value is -3.35. The molecule has 0 aromatic heterocycles. The highest BCUT2D eigenvalue weighted by molar-refractivity contribution is 6.09. The number of carbonyl (C=O) groups excluding carboxylic acids is 3. The smallest absolute Gasteiger partial charge is 0.325 e. The summed E-state index contributed by atoms with van der Waals surface area (Å²) in [4.78, 5) is 39.6. The number of methoxy groups -OCH3 is 1. The van der Waals surface area contributed by atoms with E-state index in [0.717, 1.165) is 16.0 Å². The quantitative estimate of drug-likeness (QED) is 0.637. The second kappa shape index (κ2) is 9.20. The lowest BCUT2D eigenvalue weighted by atomic mass is 9.87. The van der Waals surface area contributed by atoms with Crippen molar-refractivity contribution in [2.24, 2.45) is 0 Å². The summed E-state index contributed by atoms with van der Waals surface area (Å²) >= 11 is 0. The fourth-order valence-corrected chi connectivity index (χ4v) is 3.89. The number of ether oxygens (including phenoxy) is 1. The second-order valence-corrected chi connectivity index (χ2v) is 7.75. The first-order valence-corrected chi connectivity index (χ1v) is 10.5. The molecule has 2 aromatic rings. The monoisotopic (exact) mass is 423 g/mol. The van der Waals surface area contributed by atoms with Gasteiger partial charge in [-0.1, -0.05) is 55.8 Å². The largest absolute Gasteiger partial charge is 0.497 e. The molecule has 1 aliphatic heterocycles. The Kier molecular flexibility index (Phi) is 6.63. The Balaban J connectivity index is 1.75. The van der Waals surface area contributed by atoms with E-state index in [1.807, 2.05) is 45.0 Å². The predicted octanol–water partition coefficient (Wildman–Crippen LogP) is 3.43. The molecule has 0 radical (unpaired) electrons. The molecule has 2 atom stereocenters. The highest BCUT2D eigenvalue weighted by atomic mass is 16.5. The minimum Gasteiger partial charge on any atom is -0.497 e. The number of amides is 4. The van der Waals surface area contributed by atoms with Gasteiger partial charge in [0.05, 0.1) is 13.2 Å². The second-order valence-electron chi connectivity index (χ2n) is 7.75. The summed E-state index contributed by atoms with van der Waals surface area (Å²) in [6, 6.07) is 14.2. The lowest BCUT2D eigenvalue weighted by molar-refractivity contribution is -0.135. The third-order valence-corrected chi connectivity index (χ3v) is 5.81. The lowest BCUT2D eigenvalue weighted by Gasteiger charge is -2.26. The summed E-state index contributed by atoms with van der Waals surface area (Å²) < 4.78 is 5.17. The first-order chi connectivity index (χ1) is 14.8. The van der Waals surface area contributed by atoms with Gasteiger partial charge >= 0.3 is 6.03 Å². The van der Waals surface area contributed by atoms with E-state index < -0.39 is 17.5 Å². The van der Waals surface area contributed by atoms with Gasteiger partial charge in [0.15, 0.2) is 0 Å². The minimum atomic E-state index is -1.19. The number of benzene rings is 2. The summed E-state index contributed by atoms with van der Waals surface area (Å²) in [6.07, 6.45) is 1.06. The Morgan fingerprint density at radius 2 is 1.74 bits per heavy atom. The van der Waals surface area contributed by atoms with Crippen LogP contribution in [0.3, 0.4) is 0 Å². The number of urea groups is 1. The van der Waals surface area contributed by atoms with E-state index in [4.69, 9.17) is 4.74 Å². The van der Waals surface area contributed by atoms with Gasteiger partial charge in [0.1, 0.15) is 17.8 Å². The van der Waals surface area contributed by atoms with Gasteiger partial charge in [0.25, 0.3) is 5.91 Å². The molecule has 31 heavy (non-hydrogen) atoms. The van der Waals surface area contributed by atoms with E-state index in [-0.39, 0.29) is 18.5 Å². The van der Waals surface area contributed by atoms with E-state index in [2.05, 4.69) is 10.6 Å². The molecule has 1 heterocycles. The van der Waals surface area contributed by atoms with Gasteiger partial charge in [0, 0.05) is 0 Å². The Morgan fingerprint density at radius 3 is 2.29 bits per heavy atom.